The number of guanidine groups is 1. The summed E-state index contributed by atoms with van der Waals surface area (Å²) in [5.41, 5.74) is 0.291. The maximum absolute atomic E-state index is 11.8. The van der Waals surface area contributed by atoms with Gasteiger partial charge < -0.3 is 15.4 Å². The van der Waals surface area contributed by atoms with Crippen LogP contribution in [-0.4, -0.2) is 71.4 Å². The first kappa shape index (κ1) is 23.9. The van der Waals surface area contributed by atoms with E-state index in [9.17, 15) is 8.42 Å². The fraction of sp³-hybridized carbons (Fsp3) is 0.941. The Morgan fingerprint density at radius 1 is 1.27 bits per heavy atom. The van der Waals surface area contributed by atoms with Crippen molar-refractivity contribution in [2.45, 2.75) is 51.0 Å². The Morgan fingerprint density at radius 2 is 1.96 bits per heavy atom. The molecule has 2 fully saturated rings. The first-order chi connectivity index (χ1) is 11.9. The normalized spacial score (nSPS) is 23.7. The van der Waals surface area contributed by atoms with Gasteiger partial charge in [-0.05, 0) is 37.5 Å². The summed E-state index contributed by atoms with van der Waals surface area (Å²) in [5, 5.41) is 6.77. The molecule has 0 bridgehead atoms. The average molecular weight is 502 g/mol. The molecule has 0 aromatic carbocycles. The van der Waals surface area contributed by atoms with Crippen LogP contribution in [-0.2, 0) is 14.8 Å². The lowest BCUT2D eigenvalue weighted by molar-refractivity contribution is 0.138. The molecule has 1 aliphatic heterocycles. The van der Waals surface area contributed by atoms with E-state index >= 15 is 0 Å². The number of hydrogen-bond donors (Lipinski definition) is 2. The largest absolute Gasteiger partial charge is 0.385 e. The molecule has 2 rings (SSSR count). The molecule has 2 N–H and O–H groups in total. The van der Waals surface area contributed by atoms with E-state index in [0.717, 1.165) is 38.4 Å². The van der Waals surface area contributed by atoms with Gasteiger partial charge in [-0.15, -0.1) is 24.0 Å². The smallest absolute Gasteiger partial charge is 0.211 e. The highest BCUT2D eigenvalue weighted by Gasteiger charge is 2.34. The molecule has 0 radical (unpaired) electrons. The van der Waals surface area contributed by atoms with E-state index in [1.54, 1.807) is 18.5 Å². The summed E-state index contributed by atoms with van der Waals surface area (Å²) in [6.45, 7) is 2.89. The molecule has 1 saturated carbocycles. The van der Waals surface area contributed by atoms with Crippen molar-refractivity contribution in [3.8, 4) is 0 Å². The van der Waals surface area contributed by atoms with Crippen LogP contribution in [0.1, 0.15) is 44.9 Å². The maximum atomic E-state index is 11.8. The van der Waals surface area contributed by atoms with Gasteiger partial charge >= 0.3 is 0 Å². The Labute approximate surface area is 175 Å². The van der Waals surface area contributed by atoms with Crippen LogP contribution in [0.4, 0.5) is 0 Å². The van der Waals surface area contributed by atoms with E-state index in [1.807, 2.05) is 0 Å². The van der Waals surface area contributed by atoms with Crippen molar-refractivity contribution in [2.75, 3.05) is 46.7 Å². The molecular formula is C17H35IN4O3S. The first-order valence-electron chi connectivity index (χ1n) is 9.30. The van der Waals surface area contributed by atoms with Crippen molar-refractivity contribution < 1.29 is 13.2 Å². The van der Waals surface area contributed by atoms with Gasteiger partial charge in [-0.1, -0.05) is 12.8 Å². The molecular weight excluding hydrogens is 467 g/mol. The van der Waals surface area contributed by atoms with Gasteiger partial charge in [-0.2, -0.15) is 4.31 Å². The molecule has 1 aliphatic carbocycles. The van der Waals surface area contributed by atoms with Crippen LogP contribution in [0, 0.1) is 5.41 Å². The quantitative estimate of drug-likeness (QED) is 0.301. The molecule has 1 atom stereocenters. The molecule has 154 valence electrons. The van der Waals surface area contributed by atoms with Gasteiger partial charge in [0.25, 0.3) is 0 Å². The van der Waals surface area contributed by atoms with Crippen LogP contribution in [0.15, 0.2) is 4.99 Å². The van der Waals surface area contributed by atoms with Crippen LogP contribution in [0.5, 0.6) is 0 Å². The molecule has 0 aromatic heterocycles. The minimum atomic E-state index is -3.13. The van der Waals surface area contributed by atoms with Crippen LogP contribution in [0.3, 0.4) is 0 Å². The van der Waals surface area contributed by atoms with E-state index in [0.29, 0.717) is 18.5 Å². The number of nitrogens with zero attached hydrogens (tertiary/aromatic N) is 2. The molecule has 0 aromatic rings. The second kappa shape index (κ2) is 11.0. The van der Waals surface area contributed by atoms with Gasteiger partial charge in [0.2, 0.25) is 10.0 Å². The third-order valence-electron chi connectivity index (χ3n) is 5.61. The maximum Gasteiger partial charge on any atom is 0.211 e. The Kier molecular flexibility index (Phi) is 10.1. The molecule has 0 spiro atoms. The summed E-state index contributed by atoms with van der Waals surface area (Å²) in [7, 11) is 0.382. The van der Waals surface area contributed by atoms with E-state index in [-0.39, 0.29) is 30.0 Å². The lowest BCUT2D eigenvalue weighted by atomic mass is 9.83. The van der Waals surface area contributed by atoms with Gasteiger partial charge in [0.15, 0.2) is 5.96 Å². The third kappa shape index (κ3) is 6.79. The monoisotopic (exact) mass is 502 g/mol. The summed E-state index contributed by atoms with van der Waals surface area (Å²) < 4.78 is 30.6. The molecule has 9 heteroatoms. The number of aliphatic imine (C=N–C) groups is 1. The number of sulfonamides is 1. The Morgan fingerprint density at radius 3 is 2.54 bits per heavy atom. The number of rotatable bonds is 8. The minimum Gasteiger partial charge on any atom is -0.385 e. The summed E-state index contributed by atoms with van der Waals surface area (Å²) in [6, 6.07) is 0.0162. The lowest BCUT2D eigenvalue weighted by Crippen LogP contribution is -2.48. The van der Waals surface area contributed by atoms with Crippen molar-refractivity contribution in [1.29, 1.82) is 0 Å². The van der Waals surface area contributed by atoms with Crippen molar-refractivity contribution in [1.82, 2.24) is 14.9 Å². The fourth-order valence-electron chi connectivity index (χ4n) is 4.11. The second-order valence-corrected chi connectivity index (χ2v) is 9.36. The highest BCUT2D eigenvalue weighted by Crippen LogP contribution is 2.40. The minimum absolute atomic E-state index is 0. The number of hydrogen-bond acceptors (Lipinski definition) is 4. The van der Waals surface area contributed by atoms with Crippen LogP contribution < -0.4 is 10.6 Å². The van der Waals surface area contributed by atoms with Crippen molar-refractivity contribution in [2.24, 2.45) is 10.4 Å². The van der Waals surface area contributed by atoms with Gasteiger partial charge in [-0.3, -0.25) is 4.99 Å². The molecule has 0 amide bonds. The van der Waals surface area contributed by atoms with E-state index < -0.39 is 10.0 Å². The van der Waals surface area contributed by atoms with Crippen LogP contribution in [0.2, 0.25) is 0 Å². The topological polar surface area (TPSA) is 83.0 Å². The van der Waals surface area contributed by atoms with Crippen LogP contribution >= 0.6 is 24.0 Å². The average Bonchev–Trinajstić information content (AvgIpc) is 3.22. The van der Waals surface area contributed by atoms with E-state index in [1.165, 1.54) is 31.9 Å². The number of methoxy groups -OCH3 is 1. The zero-order valence-electron chi connectivity index (χ0n) is 16.3. The third-order valence-corrected chi connectivity index (χ3v) is 6.94. The standard InChI is InChI=1S/C17H34N4O3S.HI/c1-18-16(19-13-15-7-6-11-21(15)25(3,22)23)20-14-17(10-12-24-2)8-4-5-9-17;/h15H,4-14H2,1-3H3,(H2,18,19,20);1H/t15-;/m1./s1. The highest BCUT2D eigenvalue weighted by atomic mass is 127. The Bertz CT molecular complexity index is 550. The number of halogens is 1. The van der Waals surface area contributed by atoms with Gasteiger partial charge in [0.05, 0.1) is 6.26 Å². The van der Waals surface area contributed by atoms with Crippen molar-refractivity contribution in [3.63, 3.8) is 0 Å². The fourth-order valence-corrected chi connectivity index (χ4v) is 5.30. The molecule has 26 heavy (non-hydrogen) atoms. The summed E-state index contributed by atoms with van der Waals surface area (Å²) in [6.07, 6.45) is 9.19. The van der Waals surface area contributed by atoms with Crippen molar-refractivity contribution >= 4 is 40.0 Å². The highest BCUT2D eigenvalue weighted by molar-refractivity contribution is 14.0. The van der Waals surface area contributed by atoms with Crippen molar-refractivity contribution in [3.05, 3.63) is 0 Å². The predicted octanol–water partition coefficient (Wildman–Crippen LogP) is 1.79. The first-order valence-corrected chi connectivity index (χ1v) is 11.2. The summed E-state index contributed by atoms with van der Waals surface area (Å²) >= 11 is 0. The molecule has 1 saturated heterocycles. The molecule has 0 unspecified atom stereocenters. The lowest BCUT2D eigenvalue weighted by Gasteiger charge is -2.30. The summed E-state index contributed by atoms with van der Waals surface area (Å²) in [5.74, 6) is 0.754. The Balaban J connectivity index is 0.00000338. The van der Waals surface area contributed by atoms with E-state index in [2.05, 4.69) is 15.6 Å². The van der Waals surface area contributed by atoms with Gasteiger partial charge in [0, 0.05) is 46.4 Å². The van der Waals surface area contributed by atoms with Crippen LogP contribution in [0.25, 0.3) is 0 Å². The molecule has 7 nitrogen and oxygen atoms in total. The number of ether oxygens (including phenoxy) is 1. The van der Waals surface area contributed by atoms with E-state index in [4.69, 9.17) is 4.74 Å². The zero-order valence-corrected chi connectivity index (χ0v) is 19.4. The predicted molar refractivity (Wildman–Crippen MR) is 117 cm³/mol. The molecule has 2 aliphatic rings. The second-order valence-electron chi connectivity index (χ2n) is 7.43. The zero-order chi connectivity index (χ0) is 18.3. The van der Waals surface area contributed by atoms with Gasteiger partial charge in [0.1, 0.15) is 0 Å². The molecule has 1 heterocycles. The Hall–Kier alpha value is -0.130. The SMILES string of the molecule is CN=C(NC[C@H]1CCCN1S(C)(=O)=O)NCC1(CCOC)CCCC1.I. The summed E-state index contributed by atoms with van der Waals surface area (Å²) in [4.78, 5) is 4.30. The van der Waals surface area contributed by atoms with Gasteiger partial charge in [-0.25, -0.2) is 8.42 Å². The number of nitrogens with one attached hydrogen (secondary N) is 2.